The number of amides is 1. The van der Waals surface area contributed by atoms with Gasteiger partial charge in [-0.15, -0.1) is 0 Å². The lowest BCUT2D eigenvalue weighted by Crippen LogP contribution is -2.20. The molecular weight excluding hydrogens is 319 g/mol. The number of benzene rings is 2. The van der Waals surface area contributed by atoms with Crippen molar-refractivity contribution in [2.24, 2.45) is 0 Å². The zero-order valence-electron chi connectivity index (χ0n) is 14.8. The van der Waals surface area contributed by atoms with Crippen LogP contribution in [0.15, 0.2) is 48.5 Å². The molecule has 0 radical (unpaired) electrons. The summed E-state index contributed by atoms with van der Waals surface area (Å²) in [6, 6.07) is 12.7. The number of nitrogens with one attached hydrogen (secondary N) is 1. The molecule has 2 rings (SSSR count). The Morgan fingerprint density at radius 2 is 1.84 bits per heavy atom. The summed E-state index contributed by atoms with van der Waals surface area (Å²) < 4.78 is 18.5. The van der Waals surface area contributed by atoms with Crippen molar-refractivity contribution in [2.75, 3.05) is 21.2 Å². The van der Waals surface area contributed by atoms with Gasteiger partial charge in [-0.05, 0) is 49.0 Å². The summed E-state index contributed by atoms with van der Waals surface area (Å²) in [5, 5.41) is 2.81. The van der Waals surface area contributed by atoms with Crippen molar-refractivity contribution >= 4 is 12.0 Å². The lowest BCUT2D eigenvalue weighted by atomic mass is 10.1. The van der Waals surface area contributed by atoms with Crippen molar-refractivity contribution in [3.8, 4) is 5.75 Å². The van der Waals surface area contributed by atoms with E-state index in [0.717, 1.165) is 12.1 Å². The molecule has 25 heavy (non-hydrogen) atoms. The van der Waals surface area contributed by atoms with Gasteiger partial charge in [-0.3, -0.25) is 4.79 Å². The van der Waals surface area contributed by atoms with Gasteiger partial charge in [-0.1, -0.05) is 30.3 Å². The van der Waals surface area contributed by atoms with Gasteiger partial charge in [0.2, 0.25) is 5.91 Å². The van der Waals surface area contributed by atoms with Gasteiger partial charge in [0.25, 0.3) is 0 Å². The molecule has 0 saturated heterocycles. The Kier molecular flexibility index (Phi) is 6.71. The molecule has 2 aromatic rings. The molecule has 0 bridgehead atoms. The summed E-state index contributed by atoms with van der Waals surface area (Å²) in [5.41, 5.74) is 2.85. The van der Waals surface area contributed by atoms with Gasteiger partial charge in [0, 0.05) is 19.2 Å². The molecule has 1 N–H and O–H groups in total. The zero-order valence-corrected chi connectivity index (χ0v) is 14.8. The minimum atomic E-state index is -0.456. The van der Waals surface area contributed by atoms with Crippen LogP contribution in [0.1, 0.15) is 16.7 Å². The molecular formula is C20H23FN2O2. The van der Waals surface area contributed by atoms with Crippen LogP contribution >= 0.6 is 0 Å². The van der Waals surface area contributed by atoms with E-state index in [9.17, 15) is 9.18 Å². The standard InChI is InChI=1S/C20H23FN2O2/c1-23(2)14-17-6-4-16(5-7-17)13-22-20(24)11-9-15-8-10-19(25-3)18(21)12-15/h4-12H,13-14H2,1-3H3,(H,22,24)/b11-9+. The predicted molar refractivity (Wildman–Crippen MR) is 97.7 cm³/mol. The van der Waals surface area contributed by atoms with Gasteiger partial charge in [0.1, 0.15) is 0 Å². The number of hydrogen-bond acceptors (Lipinski definition) is 3. The third kappa shape index (κ3) is 6.04. The first-order valence-corrected chi connectivity index (χ1v) is 8.00. The topological polar surface area (TPSA) is 41.6 Å². The van der Waals surface area contributed by atoms with E-state index in [1.54, 1.807) is 12.1 Å². The fourth-order valence-electron chi connectivity index (χ4n) is 2.33. The first-order valence-electron chi connectivity index (χ1n) is 8.00. The van der Waals surface area contributed by atoms with Crippen LogP contribution in [0.4, 0.5) is 4.39 Å². The van der Waals surface area contributed by atoms with E-state index in [-0.39, 0.29) is 11.7 Å². The summed E-state index contributed by atoms with van der Waals surface area (Å²) in [5.74, 6) is -0.504. The van der Waals surface area contributed by atoms with Crippen LogP contribution in [0.3, 0.4) is 0 Å². The van der Waals surface area contributed by atoms with E-state index in [1.807, 2.05) is 26.2 Å². The summed E-state index contributed by atoms with van der Waals surface area (Å²) in [7, 11) is 5.46. The van der Waals surface area contributed by atoms with Crippen molar-refractivity contribution in [1.29, 1.82) is 0 Å². The maximum Gasteiger partial charge on any atom is 0.244 e. The van der Waals surface area contributed by atoms with Crippen LogP contribution in [0.5, 0.6) is 5.75 Å². The Labute approximate surface area is 147 Å². The van der Waals surface area contributed by atoms with Gasteiger partial charge in [0.15, 0.2) is 11.6 Å². The fraction of sp³-hybridized carbons (Fsp3) is 0.250. The van der Waals surface area contributed by atoms with E-state index in [4.69, 9.17) is 4.74 Å². The summed E-state index contributed by atoms with van der Waals surface area (Å²) in [4.78, 5) is 14.0. The van der Waals surface area contributed by atoms with Crippen LogP contribution in [0.25, 0.3) is 6.08 Å². The lowest BCUT2D eigenvalue weighted by molar-refractivity contribution is -0.116. The molecule has 2 aromatic carbocycles. The Morgan fingerprint density at radius 1 is 1.16 bits per heavy atom. The smallest absolute Gasteiger partial charge is 0.244 e. The first-order chi connectivity index (χ1) is 12.0. The second-order valence-electron chi connectivity index (χ2n) is 6.00. The van der Waals surface area contributed by atoms with Gasteiger partial charge in [-0.25, -0.2) is 4.39 Å². The van der Waals surface area contributed by atoms with Gasteiger partial charge >= 0.3 is 0 Å². The molecule has 0 heterocycles. The Morgan fingerprint density at radius 3 is 2.44 bits per heavy atom. The summed E-state index contributed by atoms with van der Waals surface area (Å²) in [6.45, 7) is 1.33. The monoisotopic (exact) mass is 342 g/mol. The van der Waals surface area contributed by atoms with Crippen molar-refractivity contribution in [1.82, 2.24) is 10.2 Å². The lowest BCUT2D eigenvalue weighted by Gasteiger charge is -2.10. The molecule has 0 saturated carbocycles. The largest absolute Gasteiger partial charge is 0.494 e. The van der Waals surface area contributed by atoms with E-state index in [2.05, 4.69) is 22.3 Å². The number of methoxy groups -OCH3 is 1. The van der Waals surface area contributed by atoms with Crippen molar-refractivity contribution in [3.63, 3.8) is 0 Å². The molecule has 0 aromatic heterocycles. The molecule has 0 atom stereocenters. The normalized spacial score (nSPS) is 11.1. The number of hydrogen-bond donors (Lipinski definition) is 1. The number of halogens is 1. The van der Waals surface area contributed by atoms with Crippen LogP contribution in [-0.4, -0.2) is 32.0 Å². The van der Waals surface area contributed by atoms with Crippen LogP contribution in [0.2, 0.25) is 0 Å². The number of rotatable bonds is 7. The SMILES string of the molecule is COc1ccc(/C=C/C(=O)NCc2ccc(CN(C)C)cc2)cc1F. The van der Waals surface area contributed by atoms with Crippen molar-refractivity contribution in [2.45, 2.75) is 13.1 Å². The average Bonchev–Trinajstić information content (AvgIpc) is 2.59. The maximum absolute atomic E-state index is 13.6. The molecule has 0 aliphatic rings. The predicted octanol–water partition coefficient (Wildman–Crippen LogP) is 3.23. The van der Waals surface area contributed by atoms with Gasteiger partial charge in [0.05, 0.1) is 7.11 Å². The van der Waals surface area contributed by atoms with E-state index in [0.29, 0.717) is 12.1 Å². The highest BCUT2D eigenvalue weighted by Gasteiger charge is 2.02. The number of carbonyl (C=O) groups excluding carboxylic acids is 1. The highest BCUT2D eigenvalue weighted by atomic mass is 19.1. The minimum absolute atomic E-state index is 0.180. The molecule has 132 valence electrons. The van der Waals surface area contributed by atoms with Crippen LogP contribution < -0.4 is 10.1 Å². The Hall–Kier alpha value is -2.66. The molecule has 0 spiro atoms. The number of nitrogens with zero attached hydrogens (tertiary/aromatic N) is 1. The second-order valence-corrected chi connectivity index (χ2v) is 6.00. The summed E-state index contributed by atoms with van der Waals surface area (Å²) in [6.07, 6.45) is 2.96. The first kappa shape index (κ1) is 18.7. The second kappa shape index (κ2) is 8.99. The highest BCUT2D eigenvalue weighted by molar-refractivity contribution is 5.91. The molecule has 0 aliphatic heterocycles. The third-order valence-corrected chi connectivity index (χ3v) is 3.59. The van der Waals surface area contributed by atoms with Crippen molar-refractivity contribution < 1.29 is 13.9 Å². The van der Waals surface area contributed by atoms with Crippen LogP contribution in [0, 0.1) is 5.82 Å². The Bertz CT molecular complexity index is 740. The van der Waals surface area contributed by atoms with E-state index >= 15 is 0 Å². The maximum atomic E-state index is 13.6. The van der Waals surface area contributed by atoms with E-state index < -0.39 is 5.82 Å². The number of ether oxygens (including phenoxy) is 1. The third-order valence-electron chi connectivity index (χ3n) is 3.59. The molecule has 4 nitrogen and oxygen atoms in total. The molecule has 0 aliphatic carbocycles. The summed E-state index contributed by atoms with van der Waals surface area (Å²) >= 11 is 0. The molecule has 5 heteroatoms. The fourth-order valence-corrected chi connectivity index (χ4v) is 2.33. The molecule has 0 unspecified atom stereocenters. The minimum Gasteiger partial charge on any atom is -0.494 e. The Balaban J connectivity index is 1.86. The van der Waals surface area contributed by atoms with Crippen LogP contribution in [-0.2, 0) is 17.9 Å². The number of carbonyl (C=O) groups is 1. The quantitative estimate of drug-likeness (QED) is 0.786. The molecule has 0 fully saturated rings. The highest BCUT2D eigenvalue weighted by Crippen LogP contribution is 2.18. The van der Waals surface area contributed by atoms with Gasteiger partial charge < -0.3 is 15.0 Å². The zero-order chi connectivity index (χ0) is 18.2. The van der Waals surface area contributed by atoms with E-state index in [1.165, 1.54) is 30.9 Å². The average molecular weight is 342 g/mol. The van der Waals surface area contributed by atoms with Crippen molar-refractivity contribution in [3.05, 3.63) is 71.0 Å². The van der Waals surface area contributed by atoms with Gasteiger partial charge in [-0.2, -0.15) is 0 Å². The molecule has 1 amide bonds.